The molecule has 0 spiro atoms. The van der Waals surface area contributed by atoms with Crippen molar-refractivity contribution >= 4 is 30.1 Å². The van der Waals surface area contributed by atoms with Crippen LogP contribution in [0.4, 0.5) is 16.2 Å². The Bertz CT molecular complexity index is 791. The summed E-state index contributed by atoms with van der Waals surface area (Å²) >= 11 is 0. The summed E-state index contributed by atoms with van der Waals surface area (Å²) in [7, 11) is 0. The van der Waals surface area contributed by atoms with Gasteiger partial charge < -0.3 is 25.4 Å². The van der Waals surface area contributed by atoms with Crippen LogP contribution in [0, 0.1) is 5.92 Å². The van der Waals surface area contributed by atoms with Gasteiger partial charge in [-0.2, -0.15) is 0 Å². The second kappa shape index (κ2) is 9.36. The quantitative estimate of drug-likeness (QED) is 0.402. The van der Waals surface area contributed by atoms with E-state index in [-0.39, 0.29) is 12.1 Å². The van der Waals surface area contributed by atoms with E-state index in [0.717, 1.165) is 18.4 Å². The van der Waals surface area contributed by atoms with Gasteiger partial charge in [-0.1, -0.05) is 0 Å². The van der Waals surface area contributed by atoms with Crippen LogP contribution in [-0.4, -0.2) is 55.0 Å². The fraction of sp³-hybridized carbons (Fsp3) is 0.591. The molecule has 30 heavy (non-hydrogen) atoms. The topological polar surface area (TPSA) is 106 Å². The van der Waals surface area contributed by atoms with Crippen molar-refractivity contribution in [1.29, 1.82) is 0 Å². The first-order valence-electron chi connectivity index (χ1n) is 10.5. The minimum absolute atomic E-state index is 0.108. The van der Waals surface area contributed by atoms with Crippen molar-refractivity contribution in [3.8, 4) is 5.75 Å². The van der Waals surface area contributed by atoms with Crippen molar-refractivity contribution in [1.82, 2.24) is 4.90 Å². The maximum atomic E-state index is 12.2. The van der Waals surface area contributed by atoms with Crippen molar-refractivity contribution in [2.45, 2.75) is 58.1 Å². The van der Waals surface area contributed by atoms with Gasteiger partial charge in [-0.15, -0.1) is 0 Å². The molecule has 8 heteroatoms. The van der Waals surface area contributed by atoms with Crippen molar-refractivity contribution in [3.05, 3.63) is 17.7 Å². The Morgan fingerprint density at radius 2 is 1.97 bits per heavy atom. The molecule has 1 heterocycles. The average Bonchev–Trinajstić information content (AvgIpc) is 3.50. The molecule has 164 valence electrons. The van der Waals surface area contributed by atoms with E-state index in [1.54, 1.807) is 23.2 Å². The highest BCUT2D eigenvalue weighted by atomic mass is 16.6. The summed E-state index contributed by atoms with van der Waals surface area (Å²) in [6, 6.07) is 3.63. The van der Waals surface area contributed by atoms with Gasteiger partial charge in [-0.25, -0.2) is 4.79 Å². The highest BCUT2D eigenvalue weighted by Crippen LogP contribution is 2.34. The van der Waals surface area contributed by atoms with Gasteiger partial charge in [-0.05, 0) is 58.4 Å². The van der Waals surface area contributed by atoms with E-state index < -0.39 is 5.60 Å². The number of nitrogen functional groups attached to an aromatic ring is 1. The molecule has 1 saturated carbocycles. The SMILES string of the molecule is CC(C)(C)OC(=O)N1CCC(N=Cc2cc(NC=O)c(OCC3CC3)cc2N)CC1. The number of hydrogen-bond donors (Lipinski definition) is 2. The lowest BCUT2D eigenvalue weighted by Gasteiger charge is -2.32. The molecule has 3 rings (SSSR count). The molecule has 0 bridgehead atoms. The van der Waals surface area contributed by atoms with E-state index in [4.69, 9.17) is 15.2 Å². The molecule has 1 aromatic carbocycles. The minimum Gasteiger partial charge on any atom is -0.491 e. The van der Waals surface area contributed by atoms with Crippen LogP contribution in [-0.2, 0) is 9.53 Å². The molecule has 0 unspecified atom stereocenters. The van der Waals surface area contributed by atoms with Gasteiger partial charge in [0.25, 0.3) is 0 Å². The van der Waals surface area contributed by atoms with E-state index in [0.29, 0.717) is 49.1 Å². The Morgan fingerprint density at radius 3 is 2.57 bits per heavy atom. The summed E-state index contributed by atoms with van der Waals surface area (Å²) < 4.78 is 11.2. The van der Waals surface area contributed by atoms with Gasteiger partial charge in [0.1, 0.15) is 11.4 Å². The van der Waals surface area contributed by atoms with E-state index in [9.17, 15) is 9.59 Å². The number of ether oxygens (including phenoxy) is 2. The predicted octanol–water partition coefficient (Wildman–Crippen LogP) is 3.44. The van der Waals surface area contributed by atoms with Crippen LogP contribution in [0.15, 0.2) is 17.1 Å². The summed E-state index contributed by atoms with van der Waals surface area (Å²) in [5.41, 5.74) is 7.56. The summed E-state index contributed by atoms with van der Waals surface area (Å²) in [5, 5.41) is 2.68. The first kappa shape index (κ1) is 21.9. The average molecular weight is 417 g/mol. The summed E-state index contributed by atoms with van der Waals surface area (Å²) in [6.07, 6.45) is 5.98. The molecule has 1 aliphatic carbocycles. The van der Waals surface area contributed by atoms with Crippen LogP contribution < -0.4 is 15.8 Å². The van der Waals surface area contributed by atoms with Gasteiger partial charge in [0.05, 0.1) is 18.3 Å². The van der Waals surface area contributed by atoms with Gasteiger partial charge in [-0.3, -0.25) is 9.79 Å². The Kier molecular flexibility index (Phi) is 6.84. The Hall–Kier alpha value is -2.77. The number of anilines is 2. The van der Waals surface area contributed by atoms with E-state index >= 15 is 0 Å². The summed E-state index contributed by atoms with van der Waals surface area (Å²) in [5.74, 6) is 1.18. The van der Waals surface area contributed by atoms with E-state index in [2.05, 4.69) is 10.3 Å². The number of aliphatic imine (C=N–C) groups is 1. The van der Waals surface area contributed by atoms with Crippen LogP contribution >= 0.6 is 0 Å². The third-order valence-corrected chi connectivity index (χ3v) is 5.11. The van der Waals surface area contributed by atoms with Gasteiger partial charge in [0, 0.05) is 36.6 Å². The number of carbonyl (C=O) groups is 2. The number of hydrogen-bond acceptors (Lipinski definition) is 6. The third-order valence-electron chi connectivity index (χ3n) is 5.11. The number of benzene rings is 1. The van der Waals surface area contributed by atoms with Crippen molar-refractivity contribution in [2.75, 3.05) is 30.7 Å². The van der Waals surface area contributed by atoms with Gasteiger partial charge in [0.2, 0.25) is 6.41 Å². The lowest BCUT2D eigenvalue weighted by atomic mass is 10.1. The predicted molar refractivity (Wildman–Crippen MR) is 117 cm³/mol. The fourth-order valence-corrected chi connectivity index (χ4v) is 3.22. The van der Waals surface area contributed by atoms with Crippen LogP contribution in [0.25, 0.3) is 0 Å². The Balaban J connectivity index is 1.59. The first-order chi connectivity index (χ1) is 14.2. The maximum absolute atomic E-state index is 12.2. The number of nitrogens with zero attached hydrogens (tertiary/aromatic N) is 2. The number of carbonyl (C=O) groups excluding carboxylic acids is 2. The van der Waals surface area contributed by atoms with E-state index in [1.165, 1.54) is 12.8 Å². The van der Waals surface area contributed by atoms with Crippen LogP contribution in [0.1, 0.15) is 52.0 Å². The Morgan fingerprint density at radius 1 is 1.27 bits per heavy atom. The minimum atomic E-state index is -0.495. The number of nitrogens with one attached hydrogen (secondary N) is 1. The molecular formula is C22H32N4O4. The Labute approximate surface area is 177 Å². The molecule has 3 N–H and O–H groups in total. The zero-order chi connectivity index (χ0) is 21.7. The molecule has 8 nitrogen and oxygen atoms in total. The second-order valence-electron chi connectivity index (χ2n) is 8.97. The number of likely N-dealkylation sites (tertiary alicyclic amines) is 1. The van der Waals surface area contributed by atoms with Crippen LogP contribution in [0.3, 0.4) is 0 Å². The summed E-state index contributed by atoms with van der Waals surface area (Å²) in [6.45, 7) is 7.44. The number of piperidine rings is 1. The van der Waals surface area contributed by atoms with Gasteiger partial charge in [0.15, 0.2) is 0 Å². The highest BCUT2D eigenvalue weighted by Gasteiger charge is 2.26. The molecule has 2 fully saturated rings. The lowest BCUT2D eigenvalue weighted by molar-refractivity contribution is -0.105. The number of rotatable bonds is 7. The van der Waals surface area contributed by atoms with Crippen LogP contribution in [0.2, 0.25) is 0 Å². The normalized spacial score (nSPS) is 17.8. The zero-order valence-corrected chi connectivity index (χ0v) is 18.0. The second-order valence-corrected chi connectivity index (χ2v) is 8.97. The van der Waals surface area contributed by atoms with Crippen molar-refractivity contribution in [2.24, 2.45) is 10.9 Å². The molecule has 0 radical (unpaired) electrons. The molecule has 1 aliphatic heterocycles. The molecule has 0 atom stereocenters. The molecule has 2 aliphatic rings. The number of nitrogens with two attached hydrogens (primary N) is 1. The monoisotopic (exact) mass is 416 g/mol. The van der Waals surface area contributed by atoms with Crippen molar-refractivity contribution in [3.63, 3.8) is 0 Å². The maximum Gasteiger partial charge on any atom is 0.410 e. The molecule has 1 aromatic rings. The fourth-order valence-electron chi connectivity index (χ4n) is 3.22. The lowest BCUT2D eigenvalue weighted by Crippen LogP contribution is -2.42. The smallest absolute Gasteiger partial charge is 0.410 e. The molecule has 0 aromatic heterocycles. The number of amides is 2. The summed E-state index contributed by atoms with van der Waals surface area (Å²) in [4.78, 5) is 29.5. The third kappa shape index (κ3) is 6.37. The molecule has 2 amide bonds. The van der Waals surface area contributed by atoms with Crippen LogP contribution in [0.5, 0.6) is 5.75 Å². The molecule has 1 saturated heterocycles. The largest absolute Gasteiger partial charge is 0.491 e. The standard InChI is InChI=1S/C22H32N4O4/c1-22(2,3)30-21(28)26-8-6-17(7-9-26)24-12-16-10-19(25-14-27)20(11-18(16)23)29-13-15-4-5-15/h10-12,14-15,17H,4-9,13,23H2,1-3H3,(H,25,27). The zero-order valence-electron chi connectivity index (χ0n) is 18.0. The highest BCUT2D eigenvalue weighted by molar-refractivity contribution is 5.91. The van der Waals surface area contributed by atoms with Gasteiger partial charge >= 0.3 is 6.09 Å². The first-order valence-corrected chi connectivity index (χ1v) is 10.5. The molecular weight excluding hydrogens is 384 g/mol. The van der Waals surface area contributed by atoms with Crippen molar-refractivity contribution < 1.29 is 19.1 Å². The van der Waals surface area contributed by atoms with E-state index in [1.807, 2.05) is 20.8 Å².